The minimum Gasteiger partial charge on any atom is -0.411 e. The van der Waals surface area contributed by atoms with Gasteiger partial charge in [0, 0.05) is 18.5 Å². The number of halogens is 1. The second-order valence-electron chi connectivity index (χ2n) is 3.78. The van der Waals surface area contributed by atoms with Gasteiger partial charge < -0.3 is 9.77 Å². The highest BCUT2D eigenvalue weighted by atomic mass is 35.5. The predicted molar refractivity (Wildman–Crippen MR) is 64.7 cm³/mol. The molecule has 3 rings (SSSR count). The lowest BCUT2D eigenvalue weighted by molar-refractivity contribution is 0.317. The molecule has 0 aliphatic carbocycles. The average molecular weight is 238 g/mol. The van der Waals surface area contributed by atoms with Crippen LogP contribution in [0.4, 0.5) is 0 Å². The van der Waals surface area contributed by atoms with Crippen LogP contribution in [0.1, 0.15) is 17.8 Å². The van der Waals surface area contributed by atoms with Crippen molar-refractivity contribution < 1.29 is 5.21 Å². The molecular weight excluding hydrogens is 226 g/mol. The Bertz CT molecular complexity index is 574. The van der Waals surface area contributed by atoms with Crippen molar-refractivity contribution in [1.82, 2.24) is 9.55 Å². The van der Waals surface area contributed by atoms with Crippen LogP contribution < -0.4 is 0 Å². The number of nitrogens with zero attached hydrogens (tertiary/aromatic N) is 3. The van der Waals surface area contributed by atoms with E-state index in [-0.39, 0.29) is 12.4 Å². The summed E-state index contributed by atoms with van der Waals surface area (Å²) in [7, 11) is 0. The molecule has 0 saturated heterocycles. The van der Waals surface area contributed by atoms with E-state index in [1.54, 1.807) is 0 Å². The molecule has 0 saturated carbocycles. The maximum Gasteiger partial charge on any atom is 0.106 e. The molecule has 2 heterocycles. The largest absolute Gasteiger partial charge is 0.411 e. The molecule has 0 amide bonds. The Morgan fingerprint density at radius 3 is 3.00 bits per heavy atom. The van der Waals surface area contributed by atoms with Gasteiger partial charge in [-0.05, 0) is 13.0 Å². The van der Waals surface area contributed by atoms with E-state index in [1.165, 1.54) is 0 Å². The minimum atomic E-state index is 0. The number of aryl methyl sites for hydroxylation is 2. The Morgan fingerprint density at radius 1 is 1.44 bits per heavy atom. The molecule has 0 radical (unpaired) electrons. The van der Waals surface area contributed by atoms with Crippen molar-refractivity contribution in [2.75, 3.05) is 0 Å². The molecule has 0 bridgehead atoms. The maximum atomic E-state index is 8.93. The van der Waals surface area contributed by atoms with E-state index in [9.17, 15) is 0 Å². The van der Waals surface area contributed by atoms with Gasteiger partial charge in [0.25, 0.3) is 0 Å². The monoisotopic (exact) mass is 237 g/mol. The fourth-order valence-electron chi connectivity index (χ4n) is 2.26. The van der Waals surface area contributed by atoms with Crippen molar-refractivity contribution in [3.63, 3.8) is 0 Å². The third kappa shape index (κ3) is 1.30. The van der Waals surface area contributed by atoms with Crippen molar-refractivity contribution in [1.29, 1.82) is 0 Å². The van der Waals surface area contributed by atoms with Crippen molar-refractivity contribution in [2.45, 2.75) is 19.9 Å². The molecule has 0 atom stereocenters. The van der Waals surface area contributed by atoms with E-state index in [0.717, 1.165) is 41.1 Å². The lowest BCUT2D eigenvalue weighted by Gasteiger charge is -2.16. The van der Waals surface area contributed by atoms with Crippen LogP contribution in [0.2, 0.25) is 0 Å². The summed E-state index contributed by atoms with van der Waals surface area (Å²) in [5, 5.41) is 12.3. The second kappa shape index (κ2) is 3.79. The van der Waals surface area contributed by atoms with Crippen LogP contribution in [0.5, 0.6) is 0 Å². The van der Waals surface area contributed by atoms with E-state index in [2.05, 4.69) is 14.7 Å². The SMILES string of the molecule is Cc1nc2cccc3c2n1CC/C3=N/O.Cl. The number of aromatic nitrogens is 2. The predicted octanol–water partition coefficient (Wildman–Crippen LogP) is 2.35. The number of para-hydroxylation sites is 1. The molecule has 2 aromatic rings. The Balaban J connectivity index is 0.000000963. The lowest BCUT2D eigenvalue weighted by Crippen LogP contribution is -2.15. The standard InChI is InChI=1S/C11H11N3O.ClH/c1-7-12-10-4-2-3-8-9(13-15)5-6-14(7)11(8)10;/h2-4,15H,5-6H2,1H3;1H/b13-9-;. The van der Waals surface area contributed by atoms with Crippen molar-refractivity contribution in [2.24, 2.45) is 5.16 Å². The van der Waals surface area contributed by atoms with E-state index in [0.29, 0.717) is 0 Å². The summed E-state index contributed by atoms with van der Waals surface area (Å²) in [6.07, 6.45) is 0.764. The fourth-order valence-corrected chi connectivity index (χ4v) is 2.26. The van der Waals surface area contributed by atoms with E-state index in [4.69, 9.17) is 5.21 Å². The highest BCUT2D eigenvalue weighted by molar-refractivity contribution is 6.10. The number of hydrogen-bond donors (Lipinski definition) is 1. The first-order chi connectivity index (χ1) is 7.31. The zero-order valence-electron chi connectivity index (χ0n) is 8.84. The second-order valence-corrected chi connectivity index (χ2v) is 3.78. The molecule has 1 aliphatic rings. The van der Waals surface area contributed by atoms with Gasteiger partial charge in [-0.25, -0.2) is 4.98 Å². The smallest absolute Gasteiger partial charge is 0.106 e. The third-order valence-electron chi connectivity index (χ3n) is 2.96. The molecule has 0 unspecified atom stereocenters. The van der Waals surface area contributed by atoms with Crippen LogP contribution in [-0.2, 0) is 6.54 Å². The first-order valence-electron chi connectivity index (χ1n) is 4.98. The third-order valence-corrected chi connectivity index (χ3v) is 2.96. The van der Waals surface area contributed by atoms with Crippen LogP contribution in [0.3, 0.4) is 0 Å². The average Bonchev–Trinajstić information content (AvgIpc) is 2.58. The van der Waals surface area contributed by atoms with E-state index >= 15 is 0 Å². The minimum absolute atomic E-state index is 0. The highest BCUT2D eigenvalue weighted by Gasteiger charge is 2.20. The molecular formula is C11H12ClN3O. The summed E-state index contributed by atoms with van der Waals surface area (Å²) < 4.78 is 2.18. The highest BCUT2D eigenvalue weighted by Crippen LogP contribution is 2.26. The van der Waals surface area contributed by atoms with E-state index < -0.39 is 0 Å². The number of oxime groups is 1. The van der Waals surface area contributed by atoms with Gasteiger partial charge in [0.2, 0.25) is 0 Å². The molecule has 1 aromatic heterocycles. The summed E-state index contributed by atoms with van der Waals surface area (Å²) in [5.74, 6) is 1.02. The van der Waals surface area contributed by atoms with Crippen molar-refractivity contribution in [3.8, 4) is 0 Å². The van der Waals surface area contributed by atoms with Crippen LogP contribution in [-0.4, -0.2) is 20.5 Å². The van der Waals surface area contributed by atoms with Crippen LogP contribution in [0, 0.1) is 6.92 Å². The van der Waals surface area contributed by atoms with Gasteiger partial charge >= 0.3 is 0 Å². The molecule has 1 aliphatic heterocycles. The van der Waals surface area contributed by atoms with Gasteiger partial charge in [-0.3, -0.25) is 0 Å². The summed E-state index contributed by atoms with van der Waals surface area (Å²) >= 11 is 0. The zero-order valence-corrected chi connectivity index (χ0v) is 9.66. The van der Waals surface area contributed by atoms with Gasteiger partial charge in [0.1, 0.15) is 5.82 Å². The topological polar surface area (TPSA) is 50.4 Å². The van der Waals surface area contributed by atoms with Gasteiger partial charge in [-0.15, -0.1) is 12.4 Å². The fraction of sp³-hybridized carbons (Fsp3) is 0.273. The summed E-state index contributed by atoms with van der Waals surface area (Å²) in [5.41, 5.74) is 3.83. The molecule has 5 heteroatoms. The Kier molecular flexibility index (Phi) is 2.59. The lowest BCUT2D eigenvalue weighted by atomic mass is 10.0. The molecule has 84 valence electrons. The Labute approximate surface area is 99.0 Å². The summed E-state index contributed by atoms with van der Waals surface area (Å²) in [6.45, 7) is 2.85. The zero-order chi connectivity index (χ0) is 10.4. The molecule has 1 N–H and O–H groups in total. The quantitative estimate of drug-likeness (QED) is 0.565. The molecule has 0 fully saturated rings. The van der Waals surface area contributed by atoms with Crippen LogP contribution >= 0.6 is 12.4 Å². The number of rotatable bonds is 0. The molecule has 4 nitrogen and oxygen atoms in total. The first kappa shape index (κ1) is 11.0. The maximum absolute atomic E-state index is 8.93. The first-order valence-corrected chi connectivity index (χ1v) is 4.98. The summed E-state index contributed by atoms with van der Waals surface area (Å²) in [6, 6.07) is 5.92. The Hall–Kier alpha value is -1.55. The molecule has 1 aromatic carbocycles. The number of benzene rings is 1. The molecule has 0 spiro atoms. The van der Waals surface area contributed by atoms with Gasteiger partial charge in [0.05, 0.1) is 16.7 Å². The van der Waals surface area contributed by atoms with Crippen LogP contribution in [0.15, 0.2) is 23.4 Å². The van der Waals surface area contributed by atoms with Gasteiger partial charge in [-0.1, -0.05) is 17.3 Å². The summed E-state index contributed by atoms with van der Waals surface area (Å²) in [4.78, 5) is 4.48. The van der Waals surface area contributed by atoms with Crippen LogP contribution in [0.25, 0.3) is 11.0 Å². The normalized spacial score (nSPS) is 16.4. The number of hydrogen-bond acceptors (Lipinski definition) is 3. The number of imidazole rings is 1. The van der Waals surface area contributed by atoms with Gasteiger partial charge in [-0.2, -0.15) is 0 Å². The van der Waals surface area contributed by atoms with Gasteiger partial charge in [0.15, 0.2) is 0 Å². The Morgan fingerprint density at radius 2 is 2.25 bits per heavy atom. The van der Waals surface area contributed by atoms with E-state index in [1.807, 2.05) is 25.1 Å². The van der Waals surface area contributed by atoms with Crippen molar-refractivity contribution in [3.05, 3.63) is 29.6 Å². The van der Waals surface area contributed by atoms with Crippen molar-refractivity contribution >= 4 is 29.2 Å². The molecule has 16 heavy (non-hydrogen) atoms.